The van der Waals surface area contributed by atoms with Gasteiger partial charge in [-0.1, -0.05) is 212 Å². The summed E-state index contributed by atoms with van der Waals surface area (Å²) >= 11 is 0. The van der Waals surface area contributed by atoms with Crippen LogP contribution in [0.15, 0.2) is 249 Å². The van der Waals surface area contributed by atoms with Crippen LogP contribution in [0.5, 0.6) is 0 Å². The van der Waals surface area contributed by atoms with E-state index in [-0.39, 0.29) is 0 Å². The van der Waals surface area contributed by atoms with Gasteiger partial charge in [0.1, 0.15) is 0 Å². The zero-order valence-corrected chi connectivity index (χ0v) is 34.6. The molecule has 0 unspecified atom stereocenters. The van der Waals surface area contributed by atoms with E-state index in [1.165, 1.54) is 87.2 Å². The molecular weight excluding hydrogens is 759 g/mol. The Morgan fingerprint density at radius 3 is 1.46 bits per heavy atom. The molecule has 0 N–H and O–H groups in total. The molecular formula is C62H41N. The number of rotatable bonds is 7. The molecule has 0 heterocycles. The van der Waals surface area contributed by atoms with Gasteiger partial charge in [-0.15, -0.1) is 0 Å². The number of para-hydroxylation sites is 1. The van der Waals surface area contributed by atoms with Crippen molar-refractivity contribution in [2.75, 3.05) is 4.90 Å². The number of benzene rings is 12. The second kappa shape index (κ2) is 15.3. The number of hydrogen-bond acceptors (Lipinski definition) is 1. The highest BCUT2D eigenvalue weighted by Crippen LogP contribution is 2.49. The van der Waals surface area contributed by atoms with Crippen molar-refractivity contribution >= 4 is 70.9 Å². The third-order valence-corrected chi connectivity index (χ3v) is 12.8. The molecule has 12 aromatic carbocycles. The Bertz CT molecular complexity index is 3660. The van der Waals surface area contributed by atoms with Gasteiger partial charge in [0.2, 0.25) is 0 Å². The van der Waals surface area contributed by atoms with Crippen LogP contribution < -0.4 is 4.90 Å². The number of nitrogens with zero attached hydrogens (tertiary/aromatic N) is 1. The monoisotopic (exact) mass is 799 g/mol. The summed E-state index contributed by atoms with van der Waals surface area (Å²) in [6.45, 7) is 0. The number of hydrogen-bond donors (Lipinski definition) is 0. The average Bonchev–Trinajstić information content (AvgIpc) is 3.36. The van der Waals surface area contributed by atoms with Gasteiger partial charge in [0, 0.05) is 16.6 Å². The lowest BCUT2D eigenvalue weighted by molar-refractivity contribution is 1.30. The lowest BCUT2D eigenvalue weighted by atomic mass is 9.84. The molecule has 12 aromatic rings. The maximum atomic E-state index is 2.48. The fourth-order valence-corrected chi connectivity index (χ4v) is 9.88. The minimum Gasteiger partial charge on any atom is -0.309 e. The Morgan fingerprint density at radius 1 is 0.222 bits per heavy atom. The van der Waals surface area contributed by atoms with Crippen molar-refractivity contribution in [3.05, 3.63) is 249 Å². The molecule has 0 saturated carbocycles. The van der Waals surface area contributed by atoms with Gasteiger partial charge in [0.25, 0.3) is 0 Å². The Hall–Kier alpha value is -8.26. The van der Waals surface area contributed by atoms with Gasteiger partial charge in [-0.25, -0.2) is 0 Å². The van der Waals surface area contributed by atoms with E-state index >= 15 is 0 Å². The minimum atomic E-state index is 1.09. The molecule has 0 saturated heterocycles. The second-order valence-corrected chi connectivity index (χ2v) is 16.4. The quantitative estimate of drug-likeness (QED) is 0.145. The predicted octanol–water partition coefficient (Wildman–Crippen LogP) is 17.6. The fourth-order valence-electron chi connectivity index (χ4n) is 9.88. The first-order chi connectivity index (χ1) is 31.3. The summed E-state index contributed by atoms with van der Waals surface area (Å²) in [5.74, 6) is 0. The first-order valence-electron chi connectivity index (χ1n) is 21.8. The first-order valence-corrected chi connectivity index (χ1v) is 21.8. The summed E-state index contributed by atoms with van der Waals surface area (Å²) in [6, 6.07) is 91.2. The normalized spacial score (nSPS) is 11.5. The molecule has 0 atom stereocenters. The standard InChI is InChI=1S/C62H41N/c1-3-18-44(19-4-1)61-57-29-14-12-27-54(57)55-38-35-49(40-58(55)62(61)45-20-5-2-6-21-45)52-25-15-16-30-59(52)63(60-41-48-23-9-10-24-51(48)53-26-11-13-28-56(53)60)50-36-33-43(34-37-50)47-32-31-42-17-7-8-22-46(42)39-47/h1-41H. The highest BCUT2D eigenvalue weighted by atomic mass is 15.1. The van der Waals surface area contributed by atoms with E-state index in [1.807, 2.05) is 0 Å². The molecule has 0 aliphatic rings. The molecule has 0 radical (unpaired) electrons. The second-order valence-electron chi connectivity index (χ2n) is 16.4. The molecule has 1 heteroatoms. The van der Waals surface area contributed by atoms with E-state index in [9.17, 15) is 0 Å². The van der Waals surface area contributed by atoms with Crippen LogP contribution >= 0.6 is 0 Å². The van der Waals surface area contributed by atoms with Gasteiger partial charge in [-0.05, 0) is 124 Å². The molecule has 0 aliphatic carbocycles. The smallest absolute Gasteiger partial charge is 0.0546 e. The van der Waals surface area contributed by atoms with Gasteiger partial charge < -0.3 is 4.90 Å². The molecule has 0 aliphatic heterocycles. The van der Waals surface area contributed by atoms with Crippen LogP contribution in [0.25, 0.3) is 98.4 Å². The van der Waals surface area contributed by atoms with E-state index in [0.29, 0.717) is 0 Å². The van der Waals surface area contributed by atoms with Crippen LogP contribution in [0.1, 0.15) is 0 Å². The molecule has 0 amide bonds. The lowest BCUT2D eigenvalue weighted by Gasteiger charge is -2.30. The van der Waals surface area contributed by atoms with Gasteiger partial charge in [0.05, 0.1) is 11.4 Å². The van der Waals surface area contributed by atoms with Crippen LogP contribution in [0.2, 0.25) is 0 Å². The summed E-state index contributed by atoms with van der Waals surface area (Å²) in [5, 5.41) is 12.4. The Kier molecular flexibility index (Phi) is 8.90. The number of anilines is 3. The summed E-state index contributed by atoms with van der Waals surface area (Å²) in [6.07, 6.45) is 0. The van der Waals surface area contributed by atoms with E-state index in [2.05, 4.69) is 254 Å². The predicted molar refractivity (Wildman–Crippen MR) is 270 cm³/mol. The van der Waals surface area contributed by atoms with Gasteiger partial charge >= 0.3 is 0 Å². The zero-order valence-electron chi connectivity index (χ0n) is 34.6. The SMILES string of the molecule is c1ccc(-c2c(-c3ccccc3)c3cc(-c4ccccc4N(c4ccc(-c5ccc6ccccc6c5)cc4)c4cc5ccccc5c5ccccc45)ccc3c3ccccc23)cc1. The Labute approximate surface area is 367 Å². The van der Waals surface area contributed by atoms with E-state index in [0.717, 1.165) is 28.2 Å². The van der Waals surface area contributed by atoms with Crippen LogP contribution in [-0.4, -0.2) is 0 Å². The highest BCUT2D eigenvalue weighted by molar-refractivity contribution is 6.22. The van der Waals surface area contributed by atoms with Crippen LogP contribution in [-0.2, 0) is 0 Å². The van der Waals surface area contributed by atoms with Crippen molar-refractivity contribution in [3.63, 3.8) is 0 Å². The van der Waals surface area contributed by atoms with Gasteiger partial charge in [-0.3, -0.25) is 0 Å². The summed E-state index contributed by atoms with van der Waals surface area (Å²) in [5.41, 5.74) is 13.0. The summed E-state index contributed by atoms with van der Waals surface area (Å²) < 4.78 is 0. The van der Waals surface area contributed by atoms with Crippen molar-refractivity contribution in [3.8, 4) is 44.5 Å². The van der Waals surface area contributed by atoms with Crippen molar-refractivity contribution in [1.82, 2.24) is 0 Å². The highest BCUT2D eigenvalue weighted by Gasteiger charge is 2.23. The molecule has 0 bridgehead atoms. The molecule has 1 nitrogen and oxygen atoms in total. The fraction of sp³-hybridized carbons (Fsp3) is 0. The molecule has 0 fully saturated rings. The topological polar surface area (TPSA) is 3.24 Å². The summed E-state index contributed by atoms with van der Waals surface area (Å²) in [4.78, 5) is 2.48. The van der Waals surface area contributed by atoms with E-state index < -0.39 is 0 Å². The van der Waals surface area contributed by atoms with Crippen molar-refractivity contribution in [1.29, 1.82) is 0 Å². The van der Waals surface area contributed by atoms with Crippen LogP contribution in [0, 0.1) is 0 Å². The largest absolute Gasteiger partial charge is 0.309 e. The maximum absolute atomic E-state index is 2.48. The van der Waals surface area contributed by atoms with Crippen LogP contribution in [0.3, 0.4) is 0 Å². The van der Waals surface area contributed by atoms with Crippen LogP contribution in [0.4, 0.5) is 17.1 Å². The molecule has 63 heavy (non-hydrogen) atoms. The molecule has 12 rings (SSSR count). The zero-order chi connectivity index (χ0) is 41.7. The first kappa shape index (κ1) is 36.6. The Morgan fingerprint density at radius 2 is 0.730 bits per heavy atom. The third-order valence-electron chi connectivity index (χ3n) is 12.8. The van der Waals surface area contributed by atoms with Crippen molar-refractivity contribution in [2.24, 2.45) is 0 Å². The van der Waals surface area contributed by atoms with Gasteiger partial charge in [0.15, 0.2) is 0 Å². The van der Waals surface area contributed by atoms with E-state index in [4.69, 9.17) is 0 Å². The molecule has 294 valence electrons. The number of fused-ring (bicyclic) bond motifs is 7. The Balaban J connectivity index is 1.11. The van der Waals surface area contributed by atoms with E-state index in [1.54, 1.807) is 0 Å². The minimum absolute atomic E-state index is 1.09. The lowest BCUT2D eigenvalue weighted by Crippen LogP contribution is -2.12. The maximum Gasteiger partial charge on any atom is 0.0546 e. The summed E-state index contributed by atoms with van der Waals surface area (Å²) in [7, 11) is 0. The van der Waals surface area contributed by atoms with Crippen molar-refractivity contribution < 1.29 is 0 Å². The van der Waals surface area contributed by atoms with Crippen molar-refractivity contribution in [2.45, 2.75) is 0 Å². The van der Waals surface area contributed by atoms with Gasteiger partial charge in [-0.2, -0.15) is 0 Å². The molecule has 0 spiro atoms. The third kappa shape index (κ3) is 6.33. The molecule has 0 aromatic heterocycles. The average molecular weight is 800 g/mol.